The molecule has 1 saturated heterocycles. The Morgan fingerprint density at radius 1 is 1.12 bits per heavy atom. The Kier molecular flexibility index (Phi) is 6.87. The SMILES string of the molecule is CC(C)Oc1ccc(-c2ccc3ncn(C[C@H]4CCCN(C(C)C)C4)c(=O)c3c2)cc1Cl. The molecule has 4 rings (SSSR count). The minimum atomic E-state index is 0.0179. The van der Waals surface area contributed by atoms with Gasteiger partial charge >= 0.3 is 0 Å². The van der Waals surface area contributed by atoms with Crippen LogP contribution in [-0.2, 0) is 6.54 Å². The highest BCUT2D eigenvalue weighted by molar-refractivity contribution is 6.32. The van der Waals surface area contributed by atoms with Gasteiger partial charge in [0.15, 0.2) is 0 Å². The molecule has 0 amide bonds. The first kappa shape index (κ1) is 22.8. The molecule has 1 aromatic heterocycles. The van der Waals surface area contributed by atoms with Gasteiger partial charge in [0.05, 0.1) is 28.4 Å². The molecule has 0 spiro atoms. The van der Waals surface area contributed by atoms with E-state index in [0.717, 1.165) is 30.6 Å². The predicted octanol–water partition coefficient (Wildman–Crippen LogP) is 5.62. The Bertz CT molecular complexity index is 1160. The van der Waals surface area contributed by atoms with Crippen LogP contribution in [0.2, 0.25) is 5.02 Å². The van der Waals surface area contributed by atoms with Gasteiger partial charge < -0.3 is 9.64 Å². The maximum atomic E-state index is 13.3. The summed E-state index contributed by atoms with van der Waals surface area (Å²) in [4.78, 5) is 20.4. The van der Waals surface area contributed by atoms with E-state index in [-0.39, 0.29) is 11.7 Å². The van der Waals surface area contributed by atoms with Crippen molar-refractivity contribution in [2.45, 2.75) is 59.2 Å². The van der Waals surface area contributed by atoms with Crippen LogP contribution >= 0.6 is 11.6 Å². The van der Waals surface area contributed by atoms with Crippen LogP contribution in [-0.4, -0.2) is 39.7 Å². The van der Waals surface area contributed by atoms with E-state index < -0.39 is 0 Å². The number of halogens is 1. The van der Waals surface area contributed by atoms with Crippen LogP contribution in [0.4, 0.5) is 0 Å². The molecule has 3 aromatic rings. The summed E-state index contributed by atoms with van der Waals surface area (Å²) in [6.45, 7) is 11.3. The fourth-order valence-corrected chi connectivity index (χ4v) is 4.72. The van der Waals surface area contributed by atoms with Gasteiger partial charge in [-0.1, -0.05) is 23.7 Å². The van der Waals surface area contributed by atoms with E-state index in [1.165, 1.54) is 6.42 Å². The van der Waals surface area contributed by atoms with Crippen LogP contribution in [0.3, 0.4) is 0 Å². The molecule has 1 atom stereocenters. The second kappa shape index (κ2) is 9.63. The smallest absolute Gasteiger partial charge is 0.261 e. The van der Waals surface area contributed by atoms with Crippen LogP contribution in [0.15, 0.2) is 47.5 Å². The number of likely N-dealkylation sites (tertiary alicyclic amines) is 1. The van der Waals surface area contributed by atoms with Crippen molar-refractivity contribution in [1.82, 2.24) is 14.5 Å². The quantitative estimate of drug-likeness (QED) is 0.485. The Morgan fingerprint density at radius 2 is 1.88 bits per heavy atom. The maximum Gasteiger partial charge on any atom is 0.261 e. The van der Waals surface area contributed by atoms with Gasteiger partial charge in [-0.05, 0) is 88.4 Å². The van der Waals surface area contributed by atoms with Crippen molar-refractivity contribution in [2.75, 3.05) is 13.1 Å². The molecule has 0 aliphatic carbocycles. The average molecular weight is 454 g/mol. The number of ether oxygens (including phenoxy) is 1. The molecule has 2 heterocycles. The molecule has 1 fully saturated rings. The van der Waals surface area contributed by atoms with Crippen molar-refractivity contribution in [3.05, 3.63) is 58.1 Å². The van der Waals surface area contributed by atoms with Crippen LogP contribution in [0.5, 0.6) is 5.75 Å². The average Bonchev–Trinajstić information content (AvgIpc) is 2.77. The summed E-state index contributed by atoms with van der Waals surface area (Å²) in [5.74, 6) is 1.14. The highest BCUT2D eigenvalue weighted by Gasteiger charge is 2.22. The molecule has 0 radical (unpaired) electrons. The lowest BCUT2D eigenvalue weighted by Crippen LogP contribution is -2.42. The molecular formula is C26H32ClN3O2. The summed E-state index contributed by atoms with van der Waals surface area (Å²) in [7, 11) is 0. The second-order valence-corrected chi connectivity index (χ2v) is 9.75. The summed E-state index contributed by atoms with van der Waals surface area (Å²) < 4.78 is 7.52. The van der Waals surface area contributed by atoms with E-state index in [0.29, 0.717) is 40.2 Å². The lowest BCUT2D eigenvalue weighted by molar-refractivity contribution is 0.130. The van der Waals surface area contributed by atoms with Gasteiger partial charge in [-0.15, -0.1) is 0 Å². The first-order valence-electron chi connectivity index (χ1n) is 11.5. The number of benzene rings is 2. The van der Waals surface area contributed by atoms with E-state index in [1.54, 1.807) is 10.9 Å². The Hall–Kier alpha value is -2.37. The third-order valence-electron chi connectivity index (χ3n) is 6.19. The normalized spacial score (nSPS) is 17.4. The molecule has 6 heteroatoms. The molecule has 0 bridgehead atoms. The zero-order chi connectivity index (χ0) is 22.8. The van der Waals surface area contributed by atoms with E-state index in [9.17, 15) is 4.79 Å². The highest BCUT2D eigenvalue weighted by atomic mass is 35.5. The summed E-state index contributed by atoms with van der Waals surface area (Å²) in [6, 6.07) is 12.1. The lowest BCUT2D eigenvalue weighted by atomic mass is 9.97. The Labute approximate surface area is 195 Å². The largest absolute Gasteiger partial charge is 0.489 e. The summed E-state index contributed by atoms with van der Waals surface area (Å²) in [5.41, 5.74) is 2.62. The monoisotopic (exact) mass is 453 g/mol. The lowest BCUT2D eigenvalue weighted by Gasteiger charge is -2.35. The van der Waals surface area contributed by atoms with Gasteiger partial charge in [0, 0.05) is 19.1 Å². The first-order valence-corrected chi connectivity index (χ1v) is 11.9. The summed E-state index contributed by atoms with van der Waals surface area (Å²) >= 11 is 6.43. The van der Waals surface area contributed by atoms with E-state index in [1.807, 2.05) is 50.2 Å². The standard InChI is InChI=1S/C26H32ClN3O2/c1-17(2)29-11-5-6-19(14-29)15-30-16-28-24-9-7-20(12-22(24)26(30)31)21-8-10-25(23(27)13-21)32-18(3)4/h7-10,12-13,16-19H,5-6,11,14-15H2,1-4H3/t19-/m0/s1. The third kappa shape index (κ3) is 5.00. The molecular weight excluding hydrogens is 422 g/mol. The van der Waals surface area contributed by atoms with Gasteiger partial charge in [0.25, 0.3) is 5.56 Å². The minimum absolute atomic E-state index is 0.0179. The Morgan fingerprint density at radius 3 is 2.59 bits per heavy atom. The molecule has 0 saturated carbocycles. The Balaban J connectivity index is 1.62. The van der Waals surface area contributed by atoms with E-state index in [4.69, 9.17) is 16.3 Å². The summed E-state index contributed by atoms with van der Waals surface area (Å²) in [6.07, 6.45) is 4.09. The zero-order valence-electron chi connectivity index (χ0n) is 19.3. The molecule has 2 aromatic carbocycles. The topological polar surface area (TPSA) is 47.4 Å². The van der Waals surface area contributed by atoms with Crippen LogP contribution in [0.1, 0.15) is 40.5 Å². The van der Waals surface area contributed by atoms with Crippen LogP contribution in [0, 0.1) is 5.92 Å². The van der Waals surface area contributed by atoms with E-state index in [2.05, 4.69) is 23.7 Å². The van der Waals surface area contributed by atoms with Gasteiger partial charge in [-0.3, -0.25) is 9.36 Å². The fourth-order valence-electron chi connectivity index (χ4n) is 4.49. The van der Waals surface area contributed by atoms with Crippen LogP contribution in [0.25, 0.3) is 22.0 Å². The number of nitrogens with zero attached hydrogens (tertiary/aromatic N) is 3. The molecule has 1 aliphatic heterocycles. The highest BCUT2D eigenvalue weighted by Crippen LogP contribution is 2.32. The van der Waals surface area contributed by atoms with Crippen molar-refractivity contribution in [1.29, 1.82) is 0 Å². The number of rotatable bonds is 6. The predicted molar refractivity (Wildman–Crippen MR) is 132 cm³/mol. The third-order valence-corrected chi connectivity index (χ3v) is 6.48. The van der Waals surface area contributed by atoms with Crippen molar-refractivity contribution in [3.8, 4) is 16.9 Å². The molecule has 1 aliphatic rings. The zero-order valence-corrected chi connectivity index (χ0v) is 20.1. The van der Waals surface area contributed by atoms with Gasteiger partial charge in [-0.25, -0.2) is 4.98 Å². The maximum absolute atomic E-state index is 13.3. The molecule has 0 N–H and O–H groups in total. The number of aromatic nitrogens is 2. The molecule has 0 unspecified atom stereocenters. The van der Waals surface area contributed by atoms with Crippen molar-refractivity contribution in [3.63, 3.8) is 0 Å². The van der Waals surface area contributed by atoms with Crippen molar-refractivity contribution in [2.24, 2.45) is 5.92 Å². The second-order valence-electron chi connectivity index (χ2n) is 9.34. The van der Waals surface area contributed by atoms with E-state index >= 15 is 0 Å². The summed E-state index contributed by atoms with van der Waals surface area (Å²) in [5, 5.41) is 1.20. The number of piperidine rings is 1. The van der Waals surface area contributed by atoms with Gasteiger partial charge in [0.2, 0.25) is 0 Å². The molecule has 5 nitrogen and oxygen atoms in total. The fraction of sp³-hybridized carbons (Fsp3) is 0.462. The first-order chi connectivity index (χ1) is 15.3. The number of hydrogen-bond donors (Lipinski definition) is 0. The minimum Gasteiger partial charge on any atom is -0.489 e. The van der Waals surface area contributed by atoms with Gasteiger partial charge in [-0.2, -0.15) is 0 Å². The van der Waals surface area contributed by atoms with Gasteiger partial charge in [0.1, 0.15) is 5.75 Å². The number of fused-ring (bicyclic) bond motifs is 1. The van der Waals surface area contributed by atoms with Crippen molar-refractivity contribution >= 4 is 22.5 Å². The molecule has 170 valence electrons. The molecule has 32 heavy (non-hydrogen) atoms. The van der Waals surface area contributed by atoms with Crippen LogP contribution < -0.4 is 10.3 Å². The van der Waals surface area contributed by atoms with Crippen molar-refractivity contribution < 1.29 is 4.74 Å². The number of hydrogen-bond acceptors (Lipinski definition) is 4.